The molecule has 0 bridgehead atoms. The summed E-state index contributed by atoms with van der Waals surface area (Å²) in [5.41, 5.74) is 2.26. The van der Waals surface area contributed by atoms with Crippen molar-refractivity contribution in [1.29, 1.82) is 0 Å². The molecule has 4 rings (SSSR count). The molecule has 1 atom stereocenters. The Morgan fingerprint density at radius 1 is 0.903 bits per heavy atom. The number of hydrogen-bond acceptors (Lipinski definition) is 3. The Bertz CT molecular complexity index is 1160. The predicted molar refractivity (Wildman–Crippen MR) is 109 cm³/mol. The smallest absolute Gasteiger partial charge is 0.261 e. The zero-order valence-electron chi connectivity index (χ0n) is 16.6. The summed E-state index contributed by atoms with van der Waals surface area (Å²) >= 11 is 0. The molecular formula is C24H18F2N2O3. The number of nitrogens with one attached hydrogen (secondary N) is 1. The molecule has 156 valence electrons. The van der Waals surface area contributed by atoms with Gasteiger partial charge in [0.2, 0.25) is 0 Å². The molecule has 5 nitrogen and oxygen atoms in total. The highest BCUT2D eigenvalue weighted by atomic mass is 19.2. The van der Waals surface area contributed by atoms with Crippen molar-refractivity contribution >= 4 is 17.7 Å². The lowest BCUT2D eigenvalue weighted by molar-refractivity contribution is 0.0641. The van der Waals surface area contributed by atoms with Crippen LogP contribution in [0.3, 0.4) is 0 Å². The van der Waals surface area contributed by atoms with Gasteiger partial charge in [-0.15, -0.1) is 0 Å². The Kier molecular flexibility index (Phi) is 5.33. The number of fused-ring (bicyclic) bond motifs is 1. The zero-order valence-corrected chi connectivity index (χ0v) is 16.6. The molecule has 0 fully saturated rings. The molecule has 3 aromatic rings. The maximum atomic E-state index is 13.4. The van der Waals surface area contributed by atoms with E-state index in [-0.39, 0.29) is 24.3 Å². The predicted octanol–water partition coefficient (Wildman–Crippen LogP) is 4.25. The van der Waals surface area contributed by atoms with Crippen LogP contribution in [0, 0.1) is 11.6 Å². The number of halogens is 2. The van der Waals surface area contributed by atoms with Crippen LogP contribution < -0.4 is 5.32 Å². The molecule has 0 aliphatic carbocycles. The van der Waals surface area contributed by atoms with E-state index in [1.165, 1.54) is 11.0 Å². The minimum atomic E-state index is -0.976. The van der Waals surface area contributed by atoms with Gasteiger partial charge in [-0.3, -0.25) is 19.3 Å². The molecule has 3 amide bonds. The molecule has 1 N–H and O–H groups in total. The molecule has 0 spiro atoms. The van der Waals surface area contributed by atoms with Crippen molar-refractivity contribution in [2.75, 3.05) is 0 Å². The largest absolute Gasteiger partial charge is 0.346 e. The summed E-state index contributed by atoms with van der Waals surface area (Å²) in [6.07, 6.45) is 0. The first-order chi connectivity index (χ1) is 14.8. The quantitative estimate of drug-likeness (QED) is 0.628. The summed E-state index contributed by atoms with van der Waals surface area (Å²) < 4.78 is 26.5. The van der Waals surface area contributed by atoms with E-state index in [0.29, 0.717) is 27.8 Å². The first kappa shape index (κ1) is 20.4. The molecule has 0 radical (unpaired) electrons. The van der Waals surface area contributed by atoms with Crippen LogP contribution in [0.1, 0.15) is 55.2 Å². The fourth-order valence-corrected chi connectivity index (χ4v) is 3.47. The zero-order chi connectivity index (χ0) is 22.1. The van der Waals surface area contributed by atoms with Crippen molar-refractivity contribution in [3.63, 3.8) is 0 Å². The third kappa shape index (κ3) is 3.94. The molecule has 0 aromatic heterocycles. The van der Waals surface area contributed by atoms with Gasteiger partial charge < -0.3 is 5.32 Å². The Labute approximate surface area is 177 Å². The van der Waals surface area contributed by atoms with E-state index in [0.717, 1.165) is 12.1 Å². The number of carbonyl (C=O) groups excluding carboxylic acids is 3. The Morgan fingerprint density at radius 2 is 1.52 bits per heavy atom. The standard InChI is InChI=1S/C24H18F2N2O3/c1-14(17-10-11-20(25)21(26)12-17)27-22(29)16-8-6-15(7-9-16)13-28-23(30)18-4-2-3-5-19(18)24(28)31/h2-12,14H,13H2,1H3,(H,27,29). The van der Waals surface area contributed by atoms with Crippen molar-refractivity contribution < 1.29 is 23.2 Å². The molecule has 3 aromatic carbocycles. The van der Waals surface area contributed by atoms with Gasteiger partial charge in [0, 0.05) is 5.56 Å². The van der Waals surface area contributed by atoms with E-state index in [1.807, 2.05) is 0 Å². The van der Waals surface area contributed by atoms with E-state index >= 15 is 0 Å². The van der Waals surface area contributed by atoms with Crippen molar-refractivity contribution in [2.45, 2.75) is 19.5 Å². The summed E-state index contributed by atoms with van der Waals surface area (Å²) in [6, 6.07) is 16.1. The summed E-state index contributed by atoms with van der Waals surface area (Å²) in [5, 5.41) is 2.73. The summed E-state index contributed by atoms with van der Waals surface area (Å²) in [4.78, 5) is 38.6. The van der Waals surface area contributed by atoms with Gasteiger partial charge in [-0.2, -0.15) is 0 Å². The van der Waals surface area contributed by atoms with Gasteiger partial charge in [-0.1, -0.05) is 30.3 Å². The second kappa shape index (κ2) is 8.10. The average molecular weight is 420 g/mol. The maximum absolute atomic E-state index is 13.4. The summed E-state index contributed by atoms with van der Waals surface area (Å²) in [6.45, 7) is 1.76. The van der Waals surface area contributed by atoms with Crippen molar-refractivity contribution in [3.05, 3.63) is 106 Å². The van der Waals surface area contributed by atoms with E-state index in [2.05, 4.69) is 5.32 Å². The van der Waals surface area contributed by atoms with Crippen molar-refractivity contribution in [1.82, 2.24) is 10.2 Å². The molecule has 1 aliphatic rings. The van der Waals surface area contributed by atoms with Crippen LogP contribution in [0.5, 0.6) is 0 Å². The monoisotopic (exact) mass is 420 g/mol. The van der Waals surface area contributed by atoms with E-state index in [4.69, 9.17) is 0 Å². The van der Waals surface area contributed by atoms with Gasteiger partial charge in [0.15, 0.2) is 11.6 Å². The van der Waals surface area contributed by atoms with Crippen molar-refractivity contribution in [3.8, 4) is 0 Å². The second-order valence-electron chi connectivity index (χ2n) is 7.31. The van der Waals surface area contributed by atoms with Gasteiger partial charge in [-0.05, 0) is 54.4 Å². The molecule has 1 aliphatic heterocycles. The number of benzene rings is 3. The van der Waals surface area contributed by atoms with Gasteiger partial charge in [0.1, 0.15) is 0 Å². The Balaban J connectivity index is 1.42. The third-order valence-electron chi connectivity index (χ3n) is 5.23. The van der Waals surface area contributed by atoms with E-state index in [9.17, 15) is 23.2 Å². The number of hydrogen-bond donors (Lipinski definition) is 1. The summed E-state index contributed by atoms with van der Waals surface area (Å²) in [5.74, 6) is -3.00. The normalized spacial score (nSPS) is 13.8. The van der Waals surface area contributed by atoms with Crippen molar-refractivity contribution in [2.24, 2.45) is 0 Å². The fraction of sp³-hybridized carbons (Fsp3) is 0.125. The summed E-state index contributed by atoms with van der Waals surface area (Å²) in [7, 11) is 0. The van der Waals surface area contributed by atoms with E-state index < -0.39 is 17.7 Å². The Morgan fingerprint density at radius 3 is 2.10 bits per heavy atom. The molecule has 1 heterocycles. The highest BCUT2D eigenvalue weighted by Crippen LogP contribution is 2.24. The lowest BCUT2D eigenvalue weighted by Gasteiger charge is -2.16. The molecule has 1 unspecified atom stereocenters. The van der Waals surface area contributed by atoms with Gasteiger partial charge in [0.25, 0.3) is 17.7 Å². The first-order valence-corrected chi connectivity index (χ1v) is 9.65. The minimum Gasteiger partial charge on any atom is -0.346 e. The lowest BCUT2D eigenvalue weighted by atomic mass is 10.1. The van der Waals surface area contributed by atoms with E-state index in [1.54, 1.807) is 55.5 Å². The van der Waals surface area contributed by atoms with Gasteiger partial charge in [0.05, 0.1) is 23.7 Å². The highest BCUT2D eigenvalue weighted by molar-refractivity contribution is 6.21. The fourth-order valence-electron chi connectivity index (χ4n) is 3.47. The van der Waals surface area contributed by atoms with Crippen LogP contribution >= 0.6 is 0 Å². The molecule has 0 saturated carbocycles. The topological polar surface area (TPSA) is 66.5 Å². The van der Waals surface area contributed by atoms with Crippen LogP contribution in [-0.2, 0) is 6.54 Å². The number of rotatable bonds is 5. The third-order valence-corrected chi connectivity index (χ3v) is 5.23. The maximum Gasteiger partial charge on any atom is 0.261 e. The SMILES string of the molecule is CC(NC(=O)c1ccc(CN2C(=O)c3ccccc3C2=O)cc1)c1ccc(F)c(F)c1. The van der Waals surface area contributed by atoms with Crippen LogP contribution in [-0.4, -0.2) is 22.6 Å². The second-order valence-corrected chi connectivity index (χ2v) is 7.31. The minimum absolute atomic E-state index is 0.0967. The lowest BCUT2D eigenvalue weighted by Crippen LogP contribution is -2.29. The molecule has 7 heteroatoms. The van der Waals surface area contributed by atoms with Gasteiger partial charge in [-0.25, -0.2) is 8.78 Å². The van der Waals surface area contributed by atoms with Crippen LogP contribution in [0.25, 0.3) is 0 Å². The number of nitrogens with zero attached hydrogens (tertiary/aromatic N) is 1. The Hall–Kier alpha value is -3.87. The molecule has 0 saturated heterocycles. The number of imide groups is 1. The van der Waals surface area contributed by atoms with Crippen LogP contribution in [0.4, 0.5) is 8.78 Å². The first-order valence-electron chi connectivity index (χ1n) is 9.65. The number of amides is 3. The average Bonchev–Trinajstić information content (AvgIpc) is 3.01. The highest BCUT2D eigenvalue weighted by Gasteiger charge is 2.34. The molecule has 31 heavy (non-hydrogen) atoms. The molecular weight excluding hydrogens is 402 g/mol. The van der Waals surface area contributed by atoms with Crippen LogP contribution in [0.15, 0.2) is 66.7 Å². The van der Waals surface area contributed by atoms with Gasteiger partial charge >= 0.3 is 0 Å². The van der Waals surface area contributed by atoms with Crippen LogP contribution in [0.2, 0.25) is 0 Å². The number of carbonyl (C=O) groups is 3.